The molecule has 1 N–H and O–H groups in total. The van der Waals surface area contributed by atoms with Gasteiger partial charge in [0.2, 0.25) is 10.0 Å². The highest BCUT2D eigenvalue weighted by Crippen LogP contribution is 2.53. The van der Waals surface area contributed by atoms with E-state index in [1.54, 1.807) is 6.20 Å². The van der Waals surface area contributed by atoms with E-state index in [9.17, 15) is 21.6 Å². The van der Waals surface area contributed by atoms with Crippen molar-refractivity contribution in [2.75, 3.05) is 0 Å². The van der Waals surface area contributed by atoms with E-state index in [4.69, 9.17) is 0 Å². The van der Waals surface area contributed by atoms with E-state index in [-0.39, 0.29) is 4.90 Å². The van der Waals surface area contributed by atoms with Gasteiger partial charge in [-0.15, -0.1) is 0 Å². The van der Waals surface area contributed by atoms with Gasteiger partial charge in [-0.2, -0.15) is 22.6 Å². The summed E-state index contributed by atoms with van der Waals surface area (Å²) in [5.41, 5.74) is 2.56. The van der Waals surface area contributed by atoms with E-state index < -0.39 is 33.8 Å². The average Bonchev–Trinajstić information content (AvgIpc) is 3.23. The first-order valence-electron chi connectivity index (χ1n) is 8.60. The number of hydrogen-bond acceptors (Lipinski definition) is 3. The number of aromatic amines is 1. The Morgan fingerprint density at radius 3 is 2.36 bits per heavy atom. The monoisotopic (exact) mass is 405 g/mol. The number of halogens is 3. The van der Waals surface area contributed by atoms with Gasteiger partial charge in [-0.25, -0.2) is 8.42 Å². The number of rotatable bonds is 2. The van der Waals surface area contributed by atoms with Crippen molar-refractivity contribution >= 4 is 10.0 Å². The van der Waals surface area contributed by atoms with E-state index in [0.717, 1.165) is 46.6 Å². The summed E-state index contributed by atoms with van der Waals surface area (Å²) in [5.74, 6) is 0. The fourth-order valence-corrected chi connectivity index (χ4v) is 5.93. The molecule has 0 fully saturated rings. The predicted molar refractivity (Wildman–Crippen MR) is 93.8 cm³/mol. The minimum absolute atomic E-state index is 0.157. The maximum atomic E-state index is 13.4. The highest BCUT2D eigenvalue weighted by atomic mass is 32.2. The third-order valence-corrected chi connectivity index (χ3v) is 7.30. The molecule has 2 aromatic carbocycles. The summed E-state index contributed by atoms with van der Waals surface area (Å²) < 4.78 is 66.8. The van der Waals surface area contributed by atoms with E-state index in [2.05, 4.69) is 10.2 Å². The Bertz CT molecular complexity index is 1170. The Kier molecular flexibility index (Phi) is 3.54. The van der Waals surface area contributed by atoms with Crippen molar-refractivity contribution in [1.29, 1.82) is 0 Å². The fourth-order valence-electron chi connectivity index (χ4n) is 4.18. The number of alkyl halides is 3. The molecule has 3 aromatic rings. The summed E-state index contributed by atoms with van der Waals surface area (Å²) in [6, 6.07) is 10.2. The zero-order chi connectivity index (χ0) is 19.7. The lowest BCUT2D eigenvalue weighted by Gasteiger charge is -2.33. The number of nitrogens with one attached hydrogen (secondary N) is 1. The molecule has 0 spiro atoms. The highest BCUT2D eigenvalue weighted by molar-refractivity contribution is 7.89. The number of benzene rings is 2. The van der Waals surface area contributed by atoms with Gasteiger partial charge < -0.3 is 0 Å². The Morgan fingerprint density at radius 1 is 1.00 bits per heavy atom. The largest absolute Gasteiger partial charge is 0.416 e. The average molecular weight is 405 g/mol. The molecule has 0 saturated heterocycles. The van der Waals surface area contributed by atoms with Crippen LogP contribution in [0.2, 0.25) is 0 Å². The molecule has 5 nitrogen and oxygen atoms in total. The number of H-pyrrole nitrogens is 1. The van der Waals surface area contributed by atoms with Crippen molar-refractivity contribution in [3.05, 3.63) is 82.7 Å². The number of hydrogen-bond donors (Lipinski definition) is 1. The highest BCUT2D eigenvalue weighted by Gasteiger charge is 2.50. The normalized spacial score (nSPS) is 21.4. The molecule has 5 rings (SSSR count). The summed E-state index contributed by atoms with van der Waals surface area (Å²) in [7, 11) is -4.02. The van der Waals surface area contributed by atoms with Crippen LogP contribution in [-0.4, -0.2) is 22.9 Å². The van der Waals surface area contributed by atoms with Crippen molar-refractivity contribution in [2.24, 2.45) is 0 Å². The molecule has 0 aliphatic carbocycles. The SMILES string of the molecule is O=S(=O)(c1ccc(C(F)(F)F)cc1)N1C2Cc3[nH]ncc3C1c1ccccc12. The zero-order valence-corrected chi connectivity index (χ0v) is 15.1. The van der Waals surface area contributed by atoms with E-state index in [1.165, 1.54) is 4.31 Å². The van der Waals surface area contributed by atoms with Crippen molar-refractivity contribution in [2.45, 2.75) is 29.6 Å². The molecule has 0 saturated carbocycles. The summed E-state index contributed by atoms with van der Waals surface area (Å²) in [5, 5.41) is 6.98. The van der Waals surface area contributed by atoms with Gasteiger partial charge in [-0.05, 0) is 35.4 Å². The lowest BCUT2D eigenvalue weighted by molar-refractivity contribution is -0.137. The van der Waals surface area contributed by atoms with Crippen molar-refractivity contribution in [3.63, 3.8) is 0 Å². The first-order valence-corrected chi connectivity index (χ1v) is 10.0. The maximum absolute atomic E-state index is 13.4. The van der Waals surface area contributed by atoms with Crippen LogP contribution in [0.5, 0.6) is 0 Å². The van der Waals surface area contributed by atoms with Crippen LogP contribution in [0.1, 0.15) is 40.0 Å². The second kappa shape index (κ2) is 5.68. The van der Waals surface area contributed by atoms with Crippen molar-refractivity contribution in [1.82, 2.24) is 14.5 Å². The summed E-state index contributed by atoms with van der Waals surface area (Å²) in [6.45, 7) is 0. The molecule has 2 unspecified atom stereocenters. The van der Waals surface area contributed by atoms with Crippen LogP contribution in [0.4, 0.5) is 13.2 Å². The third kappa shape index (κ3) is 2.36. The van der Waals surface area contributed by atoms with Gasteiger partial charge in [0.1, 0.15) is 0 Å². The second-order valence-corrected chi connectivity index (χ2v) is 8.76. The molecule has 28 heavy (non-hydrogen) atoms. The van der Waals surface area contributed by atoms with Crippen molar-refractivity contribution in [3.8, 4) is 0 Å². The van der Waals surface area contributed by atoms with Crippen LogP contribution >= 0.6 is 0 Å². The smallest absolute Gasteiger partial charge is 0.282 e. The van der Waals surface area contributed by atoms with Crippen LogP contribution in [0.3, 0.4) is 0 Å². The number of nitrogens with zero attached hydrogens (tertiary/aromatic N) is 2. The summed E-state index contributed by atoms with van der Waals surface area (Å²) in [6.07, 6.45) is -2.47. The molecule has 2 atom stereocenters. The number of aromatic nitrogens is 2. The molecule has 3 heterocycles. The lowest BCUT2D eigenvalue weighted by atomic mass is 10.0. The molecule has 2 aliphatic heterocycles. The first-order chi connectivity index (χ1) is 13.3. The Balaban J connectivity index is 1.63. The molecule has 1 aromatic heterocycles. The van der Waals surface area contributed by atoms with Crippen molar-refractivity contribution < 1.29 is 21.6 Å². The topological polar surface area (TPSA) is 66.1 Å². The zero-order valence-electron chi connectivity index (χ0n) is 14.3. The maximum Gasteiger partial charge on any atom is 0.416 e. The van der Waals surface area contributed by atoms with Gasteiger partial charge in [-0.1, -0.05) is 24.3 Å². The van der Waals surface area contributed by atoms with Crippen LogP contribution < -0.4 is 0 Å². The fraction of sp³-hybridized carbons (Fsp3) is 0.211. The quantitative estimate of drug-likeness (QED) is 0.705. The van der Waals surface area contributed by atoms with Crippen LogP contribution in [-0.2, 0) is 22.6 Å². The molecule has 2 bridgehead atoms. The van der Waals surface area contributed by atoms with Crippen LogP contribution in [0.25, 0.3) is 0 Å². The van der Waals surface area contributed by atoms with Crippen LogP contribution in [0, 0.1) is 0 Å². The van der Waals surface area contributed by atoms with Gasteiger partial charge in [0.25, 0.3) is 0 Å². The first kappa shape index (κ1) is 17.4. The molecule has 144 valence electrons. The Morgan fingerprint density at radius 2 is 1.68 bits per heavy atom. The number of fused-ring (bicyclic) bond motifs is 7. The predicted octanol–water partition coefficient (Wildman–Crippen LogP) is 3.82. The Labute approximate surface area is 158 Å². The molecule has 0 amide bonds. The minimum Gasteiger partial charge on any atom is -0.282 e. The van der Waals surface area contributed by atoms with E-state index in [1.807, 2.05) is 24.3 Å². The van der Waals surface area contributed by atoms with Gasteiger partial charge >= 0.3 is 6.18 Å². The van der Waals surface area contributed by atoms with Gasteiger partial charge in [0.15, 0.2) is 0 Å². The minimum atomic E-state index is -4.52. The molecule has 9 heteroatoms. The second-order valence-electron chi connectivity index (χ2n) is 6.91. The Hall–Kier alpha value is -2.65. The summed E-state index contributed by atoms with van der Waals surface area (Å²) in [4.78, 5) is -0.157. The summed E-state index contributed by atoms with van der Waals surface area (Å²) >= 11 is 0. The number of sulfonamides is 1. The van der Waals surface area contributed by atoms with Gasteiger partial charge in [0, 0.05) is 17.7 Å². The molecule has 0 radical (unpaired) electrons. The third-order valence-electron chi connectivity index (χ3n) is 5.41. The standard InChI is InChI=1S/C19H14F3N3O2S/c20-19(21,22)11-5-7-12(8-6-11)28(26,27)25-17-9-16-15(10-23-24-16)18(25)14-4-2-1-3-13(14)17/h1-8,10,17-18H,9H2,(H,23,24). The van der Waals surface area contributed by atoms with E-state index >= 15 is 0 Å². The molecular weight excluding hydrogens is 391 g/mol. The lowest BCUT2D eigenvalue weighted by Crippen LogP contribution is -2.37. The molecule has 2 aliphatic rings. The van der Waals surface area contributed by atoms with Gasteiger partial charge in [0.05, 0.1) is 28.7 Å². The van der Waals surface area contributed by atoms with Gasteiger partial charge in [-0.3, -0.25) is 5.10 Å². The molecular formula is C19H14F3N3O2S. The van der Waals surface area contributed by atoms with E-state index in [0.29, 0.717) is 6.42 Å². The van der Waals surface area contributed by atoms with Crippen LogP contribution in [0.15, 0.2) is 59.6 Å².